The minimum atomic E-state index is -0.245. The van der Waals surface area contributed by atoms with Gasteiger partial charge in [-0.05, 0) is 36.8 Å². The standard InChI is InChI=1S/C16H21FN2O/c1-11-7-15(19(4)9-16(2,3)10-20)18-14-6-5-12(17)8-13(11)14/h5-8,20H,9-10H2,1-4H3. The topological polar surface area (TPSA) is 36.4 Å². The Balaban J connectivity index is 2.38. The molecule has 0 fully saturated rings. The van der Waals surface area contributed by atoms with E-state index in [1.165, 1.54) is 12.1 Å². The minimum absolute atomic E-state index is 0.120. The molecular weight excluding hydrogens is 255 g/mol. The first-order valence-corrected chi connectivity index (χ1v) is 6.71. The van der Waals surface area contributed by atoms with E-state index in [2.05, 4.69) is 4.98 Å². The quantitative estimate of drug-likeness (QED) is 0.932. The second-order valence-corrected chi connectivity index (χ2v) is 6.14. The van der Waals surface area contributed by atoms with Crippen LogP contribution in [0.25, 0.3) is 10.9 Å². The van der Waals surface area contributed by atoms with Crippen molar-refractivity contribution < 1.29 is 9.50 Å². The zero-order chi connectivity index (χ0) is 14.9. The number of aliphatic hydroxyl groups excluding tert-OH is 1. The van der Waals surface area contributed by atoms with Gasteiger partial charge in [-0.3, -0.25) is 0 Å². The van der Waals surface area contributed by atoms with Gasteiger partial charge >= 0.3 is 0 Å². The highest BCUT2D eigenvalue weighted by molar-refractivity contribution is 5.83. The maximum Gasteiger partial charge on any atom is 0.129 e. The van der Waals surface area contributed by atoms with Crippen LogP contribution < -0.4 is 4.90 Å². The Kier molecular flexibility index (Phi) is 3.95. The number of benzene rings is 1. The third-order valence-corrected chi connectivity index (χ3v) is 3.45. The van der Waals surface area contributed by atoms with Crippen molar-refractivity contribution in [1.82, 2.24) is 4.98 Å². The smallest absolute Gasteiger partial charge is 0.129 e. The van der Waals surface area contributed by atoms with Crippen LogP contribution in [0.15, 0.2) is 24.3 Å². The average molecular weight is 276 g/mol. The lowest BCUT2D eigenvalue weighted by Crippen LogP contribution is -2.34. The normalized spacial score (nSPS) is 11.9. The highest BCUT2D eigenvalue weighted by Gasteiger charge is 2.20. The van der Waals surface area contributed by atoms with Crippen molar-refractivity contribution in [2.75, 3.05) is 25.1 Å². The van der Waals surface area contributed by atoms with Gasteiger partial charge in [0, 0.05) is 31.0 Å². The fourth-order valence-corrected chi connectivity index (χ4v) is 2.32. The van der Waals surface area contributed by atoms with Gasteiger partial charge in [0.2, 0.25) is 0 Å². The number of fused-ring (bicyclic) bond motifs is 1. The molecule has 0 saturated carbocycles. The van der Waals surface area contributed by atoms with E-state index in [0.29, 0.717) is 6.54 Å². The summed E-state index contributed by atoms with van der Waals surface area (Å²) < 4.78 is 13.3. The van der Waals surface area contributed by atoms with E-state index in [1.54, 1.807) is 6.07 Å². The molecule has 1 aromatic heterocycles. The van der Waals surface area contributed by atoms with Crippen molar-refractivity contribution in [2.24, 2.45) is 5.41 Å². The van der Waals surface area contributed by atoms with E-state index in [0.717, 1.165) is 22.3 Å². The van der Waals surface area contributed by atoms with Gasteiger partial charge in [-0.1, -0.05) is 13.8 Å². The minimum Gasteiger partial charge on any atom is -0.396 e. The van der Waals surface area contributed by atoms with Crippen LogP contribution in [0.4, 0.5) is 10.2 Å². The maximum atomic E-state index is 13.3. The molecule has 0 radical (unpaired) electrons. The lowest BCUT2D eigenvalue weighted by Gasteiger charge is -2.29. The molecule has 0 aliphatic heterocycles. The third kappa shape index (κ3) is 3.07. The van der Waals surface area contributed by atoms with Crippen molar-refractivity contribution in [3.05, 3.63) is 35.6 Å². The summed E-state index contributed by atoms with van der Waals surface area (Å²) >= 11 is 0. The van der Waals surface area contributed by atoms with Crippen LogP contribution in [0.3, 0.4) is 0 Å². The fraction of sp³-hybridized carbons (Fsp3) is 0.438. The Morgan fingerprint density at radius 3 is 2.65 bits per heavy atom. The summed E-state index contributed by atoms with van der Waals surface area (Å²) in [4.78, 5) is 6.59. The van der Waals surface area contributed by atoms with Crippen LogP contribution in [0.1, 0.15) is 19.4 Å². The Hall–Kier alpha value is -1.68. The largest absolute Gasteiger partial charge is 0.396 e. The number of rotatable bonds is 4. The predicted molar refractivity (Wildman–Crippen MR) is 80.6 cm³/mol. The Morgan fingerprint density at radius 2 is 2.00 bits per heavy atom. The number of hydrogen-bond donors (Lipinski definition) is 1. The van der Waals surface area contributed by atoms with Crippen LogP contribution in [-0.4, -0.2) is 30.3 Å². The van der Waals surface area contributed by atoms with Crippen molar-refractivity contribution in [3.63, 3.8) is 0 Å². The molecule has 0 atom stereocenters. The van der Waals surface area contributed by atoms with Gasteiger partial charge < -0.3 is 10.0 Å². The van der Waals surface area contributed by atoms with E-state index in [9.17, 15) is 9.50 Å². The zero-order valence-corrected chi connectivity index (χ0v) is 12.4. The van der Waals surface area contributed by atoms with Gasteiger partial charge in [0.05, 0.1) is 5.52 Å². The molecule has 4 heteroatoms. The summed E-state index contributed by atoms with van der Waals surface area (Å²) in [6.07, 6.45) is 0. The van der Waals surface area contributed by atoms with Gasteiger partial charge in [-0.15, -0.1) is 0 Å². The monoisotopic (exact) mass is 276 g/mol. The fourth-order valence-electron chi connectivity index (χ4n) is 2.32. The van der Waals surface area contributed by atoms with E-state index in [1.807, 2.05) is 38.8 Å². The molecule has 0 amide bonds. The van der Waals surface area contributed by atoms with Gasteiger partial charge in [0.15, 0.2) is 0 Å². The number of anilines is 1. The van der Waals surface area contributed by atoms with Crippen LogP contribution in [0.5, 0.6) is 0 Å². The predicted octanol–water partition coefficient (Wildman–Crippen LogP) is 3.14. The number of nitrogens with zero attached hydrogens (tertiary/aromatic N) is 2. The van der Waals surface area contributed by atoms with Crippen molar-refractivity contribution in [1.29, 1.82) is 0 Å². The van der Waals surface area contributed by atoms with Crippen LogP contribution in [-0.2, 0) is 0 Å². The molecule has 20 heavy (non-hydrogen) atoms. The molecule has 0 saturated heterocycles. The van der Waals surface area contributed by atoms with Crippen LogP contribution in [0.2, 0.25) is 0 Å². The first-order chi connectivity index (χ1) is 9.32. The summed E-state index contributed by atoms with van der Waals surface area (Å²) in [6, 6.07) is 6.59. The van der Waals surface area contributed by atoms with E-state index in [-0.39, 0.29) is 17.8 Å². The number of aryl methyl sites for hydroxylation is 1. The second-order valence-electron chi connectivity index (χ2n) is 6.14. The molecule has 1 heterocycles. The van der Waals surface area contributed by atoms with Gasteiger partial charge in [0.1, 0.15) is 11.6 Å². The number of hydrogen-bond acceptors (Lipinski definition) is 3. The number of aromatic nitrogens is 1. The second kappa shape index (κ2) is 5.37. The molecule has 0 aliphatic carbocycles. The van der Waals surface area contributed by atoms with E-state index < -0.39 is 0 Å². The molecule has 0 unspecified atom stereocenters. The molecule has 3 nitrogen and oxygen atoms in total. The molecule has 0 spiro atoms. The lowest BCUT2D eigenvalue weighted by atomic mass is 9.94. The Bertz CT molecular complexity index is 625. The number of halogens is 1. The zero-order valence-electron chi connectivity index (χ0n) is 12.4. The first-order valence-electron chi connectivity index (χ1n) is 6.71. The van der Waals surface area contributed by atoms with Gasteiger partial charge in [-0.2, -0.15) is 0 Å². The van der Waals surface area contributed by atoms with E-state index >= 15 is 0 Å². The third-order valence-electron chi connectivity index (χ3n) is 3.45. The van der Waals surface area contributed by atoms with Gasteiger partial charge in [-0.25, -0.2) is 9.37 Å². The molecule has 2 aromatic rings. The van der Waals surface area contributed by atoms with Crippen molar-refractivity contribution in [3.8, 4) is 0 Å². The molecule has 1 N–H and O–H groups in total. The van der Waals surface area contributed by atoms with Gasteiger partial charge in [0.25, 0.3) is 0 Å². The molecule has 108 valence electrons. The molecule has 0 bridgehead atoms. The molecular formula is C16H21FN2O. The SMILES string of the molecule is Cc1cc(N(C)CC(C)(C)CO)nc2ccc(F)cc12. The molecule has 0 aliphatic rings. The number of aliphatic hydroxyl groups is 1. The van der Waals surface area contributed by atoms with Crippen LogP contribution >= 0.6 is 0 Å². The van der Waals surface area contributed by atoms with Crippen molar-refractivity contribution in [2.45, 2.75) is 20.8 Å². The Morgan fingerprint density at radius 1 is 1.30 bits per heavy atom. The summed E-state index contributed by atoms with van der Waals surface area (Å²) in [6.45, 7) is 6.79. The lowest BCUT2D eigenvalue weighted by molar-refractivity contribution is 0.165. The summed E-state index contributed by atoms with van der Waals surface area (Å²) in [5, 5.41) is 10.2. The molecule has 2 rings (SSSR count). The number of pyridine rings is 1. The maximum absolute atomic E-state index is 13.3. The van der Waals surface area contributed by atoms with E-state index in [4.69, 9.17) is 0 Å². The summed E-state index contributed by atoms with van der Waals surface area (Å²) in [7, 11) is 1.95. The van der Waals surface area contributed by atoms with Crippen molar-refractivity contribution >= 4 is 16.7 Å². The first kappa shape index (κ1) is 14.7. The summed E-state index contributed by atoms with van der Waals surface area (Å²) in [5.41, 5.74) is 1.59. The highest BCUT2D eigenvalue weighted by atomic mass is 19.1. The summed E-state index contributed by atoms with van der Waals surface area (Å²) in [5.74, 6) is 0.591. The highest BCUT2D eigenvalue weighted by Crippen LogP contribution is 2.25. The molecule has 1 aromatic carbocycles. The van der Waals surface area contributed by atoms with Crippen LogP contribution in [0, 0.1) is 18.2 Å². The average Bonchev–Trinajstić information content (AvgIpc) is 2.39. The Labute approximate surface area is 119 Å².